The van der Waals surface area contributed by atoms with Crippen LogP contribution in [0.15, 0.2) is 30.4 Å². The van der Waals surface area contributed by atoms with Crippen molar-refractivity contribution in [1.82, 2.24) is 15.1 Å². The lowest BCUT2D eigenvalue weighted by atomic mass is 10.1. The van der Waals surface area contributed by atoms with E-state index >= 15 is 0 Å². The molecule has 5 heteroatoms. The summed E-state index contributed by atoms with van der Waals surface area (Å²) in [4.78, 5) is 5.08. The number of hydrogen-bond donors (Lipinski definition) is 1. The summed E-state index contributed by atoms with van der Waals surface area (Å²) in [7, 11) is 0. The van der Waals surface area contributed by atoms with E-state index < -0.39 is 0 Å². The van der Waals surface area contributed by atoms with Crippen LogP contribution in [0.2, 0.25) is 0 Å². The quantitative estimate of drug-likeness (QED) is 0.842. The third-order valence-corrected chi connectivity index (χ3v) is 4.63. The fourth-order valence-electron chi connectivity index (χ4n) is 3.35. The maximum Gasteiger partial charge on any atom is 0.231 e. The standard InChI is InChI=1S/C17H23N3O2/c1-2-15(18-5-1)12-20-8-6-19(7-9-20)11-14-3-4-16-17(10-14)22-13-21-16/h1-4,10,15,18H,5-9,11-13H2. The number of nitrogens with zero attached hydrogens (tertiary/aromatic N) is 2. The Morgan fingerprint density at radius 3 is 2.68 bits per heavy atom. The zero-order valence-electron chi connectivity index (χ0n) is 12.8. The molecule has 4 rings (SSSR count). The first-order valence-electron chi connectivity index (χ1n) is 8.10. The molecule has 3 aliphatic heterocycles. The van der Waals surface area contributed by atoms with Crippen molar-refractivity contribution in [1.29, 1.82) is 0 Å². The van der Waals surface area contributed by atoms with Crippen LogP contribution in [-0.2, 0) is 6.54 Å². The van der Waals surface area contributed by atoms with Crippen LogP contribution in [0.1, 0.15) is 5.56 Å². The third-order valence-electron chi connectivity index (χ3n) is 4.63. The Balaban J connectivity index is 1.27. The molecular formula is C17H23N3O2. The lowest BCUT2D eigenvalue weighted by molar-refractivity contribution is 0.123. The van der Waals surface area contributed by atoms with E-state index in [4.69, 9.17) is 9.47 Å². The van der Waals surface area contributed by atoms with Crippen molar-refractivity contribution in [2.45, 2.75) is 12.6 Å². The molecule has 3 aliphatic rings. The number of fused-ring (bicyclic) bond motifs is 1. The van der Waals surface area contributed by atoms with Crippen molar-refractivity contribution in [3.05, 3.63) is 35.9 Å². The number of nitrogens with one attached hydrogen (secondary N) is 1. The predicted octanol–water partition coefficient (Wildman–Crippen LogP) is 1.06. The van der Waals surface area contributed by atoms with Crippen molar-refractivity contribution in [2.24, 2.45) is 0 Å². The van der Waals surface area contributed by atoms with E-state index in [1.807, 2.05) is 6.07 Å². The van der Waals surface area contributed by atoms with Gasteiger partial charge in [-0.15, -0.1) is 0 Å². The van der Waals surface area contributed by atoms with Crippen molar-refractivity contribution in [3.8, 4) is 11.5 Å². The second-order valence-electron chi connectivity index (χ2n) is 6.21. The molecule has 1 N–H and O–H groups in total. The van der Waals surface area contributed by atoms with Gasteiger partial charge in [-0.3, -0.25) is 9.80 Å². The third kappa shape index (κ3) is 3.11. The van der Waals surface area contributed by atoms with Crippen molar-refractivity contribution >= 4 is 0 Å². The smallest absolute Gasteiger partial charge is 0.231 e. The van der Waals surface area contributed by atoms with E-state index in [0.29, 0.717) is 12.8 Å². The molecule has 1 atom stereocenters. The molecule has 1 fully saturated rings. The molecule has 0 spiro atoms. The van der Waals surface area contributed by atoms with Gasteiger partial charge in [0.25, 0.3) is 0 Å². The summed E-state index contributed by atoms with van der Waals surface area (Å²) >= 11 is 0. The monoisotopic (exact) mass is 301 g/mol. The summed E-state index contributed by atoms with van der Waals surface area (Å²) in [5.74, 6) is 1.75. The van der Waals surface area contributed by atoms with Crippen LogP contribution in [0, 0.1) is 0 Å². The molecule has 0 amide bonds. The summed E-state index contributed by atoms with van der Waals surface area (Å²) in [5.41, 5.74) is 1.30. The van der Waals surface area contributed by atoms with Gasteiger partial charge in [0.15, 0.2) is 11.5 Å². The largest absolute Gasteiger partial charge is 0.454 e. The second kappa shape index (κ2) is 6.28. The van der Waals surface area contributed by atoms with Crippen LogP contribution in [0.25, 0.3) is 0 Å². The number of benzene rings is 1. The lowest BCUT2D eigenvalue weighted by Gasteiger charge is -2.35. The van der Waals surface area contributed by atoms with Gasteiger partial charge in [0.2, 0.25) is 6.79 Å². The first-order valence-corrected chi connectivity index (χ1v) is 8.10. The number of ether oxygens (including phenoxy) is 2. The van der Waals surface area contributed by atoms with Crippen molar-refractivity contribution in [2.75, 3.05) is 46.1 Å². The van der Waals surface area contributed by atoms with Crippen LogP contribution < -0.4 is 14.8 Å². The summed E-state index contributed by atoms with van der Waals surface area (Å²) in [5, 5.41) is 3.49. The summed E-state index contributed by atoms with van der Waals surface area (Å²) < 4.78 is 10.8. The van der Waals surface area contributed by atoms with E-state index in [2.05, 4.69) is 39.4 Å². The van der Waals surface area contributed by atoms with E-state index in [1.165, 1.54) is 5.56 Å². The fraction of sp³-hybridized carbons (Fsp3) is 0.529. The van der Waals surface area contributed by atoms with Gasteiger partial charge < -0.3 is 14.8 Å². The van der Waals surface area contributed by atoms with Crippen LogP contribution in [0.3, 0.4) is 0 Å². The van der Waals surface area contributed by atoms with Gasteiger partial charge in [-0.05, 0) is 17.7 Å². The highest BCUT2D eigenvalue weighted by atomic mass is 16.7. The highest BCUT2D eigenvalue weighted by molar-refractivity contribution is 5.44. The Labute approximate surface area is 131 Å². The predicted molar refractivity (Wildman–Crippen MR) is 85.2 cm³/mol. The molecule has 0 bridgehead atoms. The maximum absolute atomic E-state index is 5.46. The Morgan fingerprint density at radius 2 is 1.86 bits per heavy atom. The van der Waals surface area contributed by atoms with Crippen molar-refractivity contribution in [3.63, 3.8) is 0 Å². The van der Waals surface area contributed by atoms with Gasteiger partial charge in [0, 0.05) is 51.9 Å². The molecule has 1 aromatic rings. The van der Waals surface area contributed by atoms with Crippen LogP contribution in [0.4, 0.5) is 0 Å². The van der Waals surface area contributed by atoms with Crippen LogP contribution in [0.5, 0.6) is 11.5 Å². The van der Waals surface area contributed by atoms with E-state index in [-0.39, 0.29) is 0 Å². The molecule has 118 valence electrons. The minimum atomic E-state index is 0.348. The highest BCUT2D eigenvalue weighted by Gasteiger charge is 2.21. The SMILES string of the molecule is C1=CC(CN2CCN(Cc3ccc4c(c3)OCO4)CC2)NC1. The van der Waals surface area contributed by atoms with E-state index in [1.54, 1.807) is 0 Å². The molecule has 0 aromatic heterocycles. The van der Waals surface area contributed by atoms with Gasteiger partial charge in [0.1, 0.15) is 0 Å². The Morgan fingerprint density at radius 1 is 1.05 bits per heavy atom. The van der Waals surface area contributed by atoms with Gasteiger partial charge in [-0.25, -0.2) is 0 Å². The fourth-order valence-corrected chi connectivity index (χ4v) is 3.35. The molecular weight excluding hydrogens is 278 g/mol. The molecule has 5 nitrogen and oxygen atoms in total. The molecule has 1 unspecified atom stereocenters. The first kappa shape index (κ1) is 14.1. The number of piperazine rings is 1. The van der Waals surface area contributed by atoms with Gasteiger partial charge in [-0.1, -0.05) is 18.2 Å². The summed E-state index contributed by atoms with van der Waals surface area (Å²) in [6, 6.07) is 6.82. The van der Waals surface area contributed by atoms with Gasteiger partial charge in [0.05, 0.1) is 0 Å². The van der Waals surface area contributed by atoms with E-state index in [9.17, 15) is 0 Å². The zero-order chi connectivity index (χ0) is 14.8. The molecule has 1 saturated heterocycles. The van der Waals surface area contributed by atoms with E-state index in [0.717, 1.165) is 57.3 Å². The summed E-state index contributed by atoms with van der Waals surface area (Å²) in [6.45, 7) is 8.05. The average Bonchev–Trinajstić information content (AvgIpc) is 3.20. The minimum Gasteiger partial charge on any atom is -0.454 e. The number of rotatable bonds is 4. The molecule has 0 radical (unpaired) electrons. The molecule has 3 heterocycles. The lowest BCUT2D eigenvalue weighted by Crippen LogP contribution is -2.49. The Hall–Kier alpha value is -1.56. The highest BCUT2D eigenvalue weighted by Crippen LogP contribution is 2.32. The normalized spacial score (nSPS) is 25.0. The molecule has 1 aromatic carbocycles. The van der Waals surface area contributed by atoms with Crippen LogP contribution >= 0.6 is 0 Å². The average molecular weight is 301 g/mol. The zero-order valence-corrected chi connectivity index (χ0v) is 12.8. The van der Waals surface area contributed by atoms with Gasteiger partial charge >= 0.3 is 0 Å². The van der Waals surface area contributed by atoms with Crippen molar-refractivity contribution < 1.29 is 9.47 Å². The first-order chi connectivity index (χ1) is 10.9. The minimum absolute atomic E-state index is 0.348. The molecule has 22 heavy (non-hydrogen) atoms. The summed E-state index contributed by atoms with van der Waals surface area (Å²) in [6.07, 6.45) is 4.51. The van der Waals surface area contributed by atoms with Gasteiger partial charge in [-0.2, -0.15) is 0 Å². The van der Waals surface area contributed by atoms with Crippen LogP contribution in [-0.4, -0.2) is 61.9 Å². The number of hydrogen-bond acceptors (Lipinski definition) is 5. The Bertz CT molecular complexity index is 553. The maximum atomic E-state index is 5.46. The molecule has 0 saturated carbocycles. The Kier molecular flexibility index (Phi) is 4.01. The second-order valence-corrected chi connectivity index (χ2v) is 6.21. The topological polar surface area (TPSA) is 37.0 Å². The molecule has 0 aliphatic carbocycles.